The number of aliphatic hydroxyl groups excluding tert-OH is 1. The van der Waals surface area contributed by atoms with Crippen molar-refractivity contribution in [2.75, 3.05) is 92.6 Å². The van der Waals surface area contributed by atoms with Crippen molar-refractivity contribution in [3.8, 4) is 0 Å². The molecule has 12 aliphatic heterocycles. The van der Waals surface area contributed by atoms with Gasteiger partial charge in [0, 0.05) is 51.9 Å². The Hall–Kier alpha value is -9.23. The number of rotatable bonds is 34. The maximum absolute atomic E-state index is 12.1. The van der Waals surface area contributed by atoms with E-state index in [-0.39, 0.29) is 97.5 Å². The quantitative estimate of drug-likeness (QED) is 0.0162. The van der Waals surface area contributed by atoms with E-state index in [1.54, 1.807) is 6.92 Å². The third-order valence-corrected chi connectivity index (χ3v) is 21.2. The highest BCUT2D eigenvalue weighted by molar-refractivity contribution is 7.82. The van der Waals surface area contributed by atoms with Crippen molar-refractivity contribution < 1.29 is 200 Å². The molecule has 12 bridgehead atoms. The third kappa shape index (κ3) is 29.4. The summed E-state index contributed by atoms with van der Waals surface area (Å²) in [5, 5.41) is 11.9. The number of aliphatic hydroxyl groups is 1. The maximum atomic E-state index is 12.1. The minimum Gasteiger partial charge on any atom is -0.394 e. The molecule has 0 saturated carbocycles. The van der Waals surface area contributed by atoms with Gasteiger partial charge in [-0.1, -0.05) is 6.92 Å². The Kier molecular flexibility index (Phi) is 36.8. The monoisotopic (exact) mass is 1940 g/mol. The van der Waals surface area contributed by atoms with Gasteiger partial charge in [-0.25, -0.2) is 61.6 Å². The average molecular weight is 1940 g/mol. The molecule has 12 heterocycles. The molecule has 12 saturated heterocycles. The van der Waals surface area contributed by atoms with E-state index in [2.05, 4.69) is 67.6 Å². The van der Waals surface area contributed by atoms with Gasteiger partial charge in [-0.15, -0.1) is 25.7 Å². The van der Waals surface area contributed by atoms with Gasteiger partial charge >= 0.3 is 98.6 Å². The Morgan fingerprint density at radius 1 is 0.365 bits per heavy atom. The molecule has 0 aliphatic carbocycles. The van der Waals surface area contributed by atoms with Crippen molar-refractivity contribution in [3.05, 3.63) is 0 Å². The highest BCUT2D eigenvalue weighted by Crippen LogP contribution is 2.37. The van der Waals surface area contributed by atoms with Crippen LogP contribution in [0.25, 0.3) is 0 Å². The van der Waals surface area contributed by atoms with E-state index in [0.29, 0.717) is 94.8 Å². The number of hydroxylamine groups is 18. The number of hydrogen-bond acceptors (Lipinski definition) is 40. The Labute approximate surface area is 715 Å². The molecule has 718 valence electrons. The van der Waals surface area contributed by atoms with Gasteiger partial charge < -0.3 is 51.7 Å². The number of hydrogen-bond donors (Lipinski definition) is 16. The van der Waals surface area contributed by atoms with Gasteiger partial charge in [0.2, 0.25) is 5.91 Å². The average Bonchev–Trinajstić information content (AvgIpc) is 1.67. The van der Waals surface area contributed by atoms with E-state index in [9.17, 15) is 113 Å². The van der Waals surface area contributed by atoms with E-state index < -0.39 is 219 Å². The SMILES string of the molecule is CC(N)CONC(=O)[C@@H]1CC[C@@H]2CN1C(=O)N2OS(=O)(=O)O.CCCONC(=O)[C@@H]1CC[C@@H]2CN1C(=O)N2OS(=O)(=O)O.CONC(=O)[C@@H]1CC[C@@H]2CN1C(=O)N2OS(=O)(=O)O.NC(=O)CONC(=O)[C@@H]1CC[C@@H]2CN1C(=O)N2OS(=O)(=O)O.NCCONC(=O)[C@@H]1CC[C@@H]2CN1C(=O)N2OS(=O)(=O)O.O=C(NOCCO)[C@@H]1CC[C@@H]2CN1C(=O)N2OS(=O)(=O)O. The van der Waals surface area contributed by atoms with E-state index >= 15 is 0 Å². The molecule has 0 radical (unpaired) electrons. The minimum absolute atomic E-state index is 0.0578. The molecule has 0 aromatic heterocycles. The summed E-state index contributed by atoms with van der Waals surface area (Å²) in [5.74, 6) is -4.06. The fourth-order valence-electron chi connectivity index (χ4n) is 14.1. The van der Waals surface area contributed by atoms with Crippen LogP contribution >= 0.6 is 0 Å². The molecule has 0 spiro atoms. The Morgan fingerprint density at radius 2 is 0.579 bits per heavy atom. The summed E-state index contributed by atoms with van der Waals surface area (Å²) in [5.41, 5.74) is 28.4. The number of piperidine rings is 6. The van der Waals surface area contributed by atoms with Gasteiger partial charge in [0.15, 0.2) is 6.61 Å². The van der Waals surface area contributed by atoms with Crippen LogP contribution in [0.5, 0.6) is 0 Å². The molecule has 0 aromatic rings. The van der Waals surface area contributed by atoms with Gasteiger partial charge in [-0.2, -0.15) is 80.9 Å². The van der Waals surface area contributed by atoms with Crippen LogP contribution in [0.15, 0.2) is 0 Å². The van der Waals surface area contributed by atoms with Gasteiger partial charge in [0.1, 0.15) is 36.3 Å². The van der Waals surface area contributed by atoms with E-state index in [1.165, 1.54) is 26.7 Å². The summed E-state index contributed by atoms with van der Waals surface area (Å²) in [6.07, 6.45) is 4.64. The smallest absolute Gasteiger partial charge is 0.394 e. The summed E-state index contributed by atoms with van der Waals surface area (Å²) >= 11 is 0. The van der Waals surface area contributed by atoms with Gasteiger partial charge in [0.25, 0.3) is 35.4 Å². The molecule has 12 fully saturated rings. The number of amides is 19. The number of carbonyl (C=O) groups excluding carboxylic acids is 13. The van der Waals surface area contributed by atoms with Gasteiger partial charge in [0.05, 0.1) is 76.4 Å². The number of urea groups is 6. The lowest BCUT2D eigenvalue weighted by Crippen LogP contribution is -2.50. The lowest BCUT2D eigenvalue weighted by atomic mass is 10.0. The van der Waals surface area contributed by atoms with Crippen LogP contribution < -0.4 is 50.1 Å². The summed E-state index contributed by atoms with van der Waals surface area (Å²) in [4.78, 5) is 189. The van der Waals surface area contributed by atoms with Crippen molar-refractivity contribution in [1.82, 2.24) is 92.7 Å². The molecular weight excluding hydrogens is 1850 g/mol. The Balaban J connectivity index is 0.000000208. The second-order valence-electron chi connectivity index (χ2n) is 28.2. The first-order chi connectivity index (χ1) is 58.7. The predicted octanol–water partition coefficient (Wildman–Crippen LogP) is -9.95. The zero-order valence-corrected chi connectivity index (χ0v) is 71.1. The summed E-state index contributed by atoms with van der Waals surface area (Å²) in [6.45, 7) is 4.25. The van der Waals surface area contributed by atoms with Crippen LogP contribution in [0.3, 0.4) is 0 Å². The normalized spacial score (nSPS) is 25.6. The fraction of sp³-hybridized carbons (Fsp3) is 0.764. The van der Waals surface area contributed by atoms with Crippen molar-refractivity contribution in [3.63, 3.8) is 0 Å². The topological polar surface area (TPSA) is 868 Å². The first kappa shape index (κ1) is 104. The van der Waals surface area contributed by atoms with E-state index in [4.69, 9.17) is 64.1 Å². The van der Waals surface area contributed by atoms with Crippen LogP contribution in [0.1, 0.15) is 97.3 Å². The van der Waals surface area contributed by atoms with Crippen LogP contribution in [-0.2, 0) is 151 Å². The molecular formula is C55H93N21O44S6. The number of nitrogens with one attached hydrogen (secondary N) is 6. The maximum Gasteiger partial charge on any atom is 0.418 e. The summed E-state index contributed by atoms with van der Waals surface area (Å²) < 4.78 is 206. The molecule has 13 atom stereocenters. The van der Waals surface area contributed by atoms with Crippen molar-refractivity contribution in [2.24, 2.45) is 17.2 Å². The zero-order valence-electron chi connectivity index (χ0n) is 66.2. The van der Waals surface area contributed by atoms with Crippen molar-refractivity contribution >= 4 is 140 Å². The first-order valence-corrected chi connectivity index (χ1v) is 45.3. The van der Waals surface area contributed by atoms with Crippen molar-refractivity contribution in [1.29, 1.82) is 0 Å². The van der Waals surface area contributed by atoms with Gasteiger partial charge in [-0.3, -0.25) is 89.9 Å². The number of carbonyl (C=O) groups is 13. The highest BCUT2D eigenvalue weighted by atomic mass is 32.3. The highest BCUT2D eigenvalue weighted by Gasteiger charge is 2.56. The molecule has 12 rings (SSSR count). The molecule has 65 nitrogen and oxygen atoms in total. The molecule has 19 N–H and O–H groups in total. The number of nitrogens with two attached hydrogens (primary N) is 3. The molecule has 12 aliphatic rings. The van der Waals surface area contributed by atoms with E-state index in [0.717, 1.165) is 16.2 Å². The van der Waals surface area contributed by atoms with Crippen molar-refractivity contribution in [2.45, 2.75) is 176 Å². The number of fused-ring (bicyclic) bond motifs is 12. The lowest BCUT2D eigenvalue weighted by molar-refractivity contribution is -0.142. The van der Waals surface area contributed by atoms with E-state index in [1.807, 2.05) is 12.4 Å². The van der Waals surface area contributed by atoms with Crippen LogP contribution in [-0.4, -0.2) is 391 Å². The van der Waals surface area contributed by atoms with Crippen LogP contribution in [0, 0.1) is 0 Å². The Bertz CT molecular complexity index is 4470. The second kappa shape index (κ2) is 44.7. The van der Waals surface area contributed by atoms with Crippen LogP contribution in [0.4, 0.5) is 28.8 Å². The summed E-state index contributed by atoms with van der Waals surface area (Å²) in [6, 6.07) is -13.2. The zero-order chi connectivity index (χ0) is 94.1. The third-order valence-electron chi connectivity index (χ3n) is 19.1. The second-order valence-corrected chi connectivity index (χ2v) is 34.2. The largest absolute Gasteiger partial charge is 0.418 e. The first-order valence-electron chi connectivity index (χ1n) is 37.1. The standard InChI is InChI=1S/C10H18N4O7S.C10H17N3O7S.C9H14N4O8S.C9H16N4O7S.C9H15N3O8S.C8H13N3O7S/c1-6(11)5-20-12-9(15)8-3-2-7-4-13(8)10(16)14(7)21-22(17,18)19;1-2-5-19-11-9(14)8-4-3-7-6-12(8)10(15)13(7)20-21(16,17)18;10-7(14)4-20-11-8(15)6-2-1-5-3-12(6)9(16)13(5)21-22(17,18)19;10-3-4-19-11-8(14)7-2-1-6-5-12(7)9(15)13(6)20-21(16,17)18;13-3-4-19-10-8(14)7-2-1-6-5-11(7)9(15)12(6)20-21(16,17)18;1-17-9-7(12)6-3-2-5-4-10(6)8(13)11(5)18-19(14,15)16/h6-8H,2-5,11H2,1H3,(H,12,15)(H,17,18,19);7-8H,2-6H2,1H3,(H,11,14)(H,16,17,18);5-6H,1-4H2,(H2,10,14)(H,11,15)(H,17,18,19);6-7H,1-5,10H2,(H,11,14)(H,16,17,18);6-7,13H,1-5H2,(H,10,14)(H,16,17,18);5-6H,2-4H2,1H3,(H,9,12)(H,14,15,16)/t6?,7-,8+;7-,8+;5-,6+;2*6-,7+;5-,6+/m111111/s1. The lowest BCUT2D eigenvalue weighted by Gasteiger charge is -2.28. The Morgan fingerprint density at radius 3 is 0.778 bits per heavy atom. The molecule has 71 heteroatoms. The number of primary amides is 1. The summed E-state index contributed by atoms with van der Waals surface area (Å²) in [7, 11) is -27.5. The molecule has 0 aromatic carbocycles. The van der Waals surface area contributed by atoms with Crippen LogP contribution in [0.2, 0.25) is 0 Å². The molecule has 1 unspecified atom stereocenters. The molecule has 19 amide bonds. The number of nitrogens with zero attached hydrogens (tertiary/aromatic N) is 12. The minimum atomic E-state index is -4.84. The predicted molar refractivity (Wildman–Crippen MR) is 395 cm³/mol. The van der Waals surface area contributed by atoms with Gasteiger partial charge in [-0.05, 0) is 90.4 Å². The molecule has 126 heavy (non-hydrogen) atoms. The fourth-order valence-corrected chi connectivity index (χ4v) is 16.5.